The van der Waals surface area contributed by atoms with Crippen molar-refractivity contribution < 1.29 is 13.0 Å². The number of fused-ring (bicyclic) bond motifs is 1. The zero-order valence-electron chi connectivity index (χ0n) is 7.70. The van der Waals surface area contributed by atoms with Crippen LogP contribution in [0.4, 0.5) is 0 Å². The van der Waals surface area contributed by atoms with Crippen molar-refractivity contribution in [3.63, 3.8) is 0 Å². The van der Waals surface area contributed by atoms with Gasteiger partial charge < -0.3 is 0 Å². The Morgan fingerprint density at radius 2 is 2.07 bits per heavy atom. The molecule has 0 aliphatic carbocycles. The Hall–Kier alpha value is -0.980. The number of nitrogens with zero attached hydrogens (tertiary/aromatic N) is 1. The quantitative estimate of drug-likeness (QED) is 0.765. The molecule has 1 aliphatic heterocycles. The molecule has 2 rings (SSSR count). The minimum absolute atomic E-state index is 0.165. The zero-order chi connectivity index (χ0) is 10.9. The molecule has 0 spiro atoms. The Balaban J connectivity index is 2.39. The van der Waals surface area contributed by atoms with E-state index in [2.05, 4.69) is 0 Å². The van der Waals surface area contributed by atoms with Crippen LogP contribution < -0.4 is 0 Å². The summed E-state index contributed by atoms with van der Waals surface area (Å²) in [5, 5.41) is 1.64. The van der Waals surface area contributed by atoms with E-state index in [9.17, 15) is 8.42 Å². The molecule has 1 aromatic carbocycles. The van der Waals surface area contributed by atoms with Crippen LogP contribution >= 0.6 is 11.8 Å². The Bertz CT molecular complexity index is 496. The zero-order valence-corrected chi connectivity index (χ0v) is 9.33. The van der Waals surface area contributed by atoms with Gasteiger partial charge >= 0.3 is 10.3 Å². The molecule has 0 bridgehead atoms. The molecule has 15 heavy (non-hydrogen) atoms. The lowest BCUT2D eigenvalue weighted by atomic mass is 10.2. The normalized spacial score (nSPS) is 15.9. The van der Waals surface area contributed by atoms with Crippen LogP contribution in [0.15, 0.2) is 40.8 Å². The molecular formula is C9H9NO3S2. The molecular weight excluding hydrogens is 234 g/mol. The topological polar surface area (TPSA) is 57.6 Å². The highest BCUT2D eigenvalue weighted by Gasteiger charge is 2.18. The van der Waals surface area contributed by atoms with E-state index in [-0.39, 0.29) is 6.54 Å². The smallest absolute Gasteiger partial charge is 0.269 e. The summed E-state index contributed by atoms with van der Waals surface area (Å²) >= 11 is 1.43. The first-order chi connectivity index (χ1) is 7.07. The fraction of sp³-hybridized carbons (Fsp3) is 0.111. The van der Waals surface area contributed by atoms with Crippen molar-refractivity contribution in [1.82, 2.24) is 4.31 Å². The van der Waals surface area contributed by atoms with Crippen molar-refractivity contribution in [3.8, 4) is 0 Å². The van der Waals surface area contributed by atoms with Crippen LogP contribution in [-0.4, -0.2) is 17.3 Å². The molecule has 1 heterocycles. The standard InChI is InChI=1S/C9H9NO3S2/c11-15(12,13)10-5-6-14-9-4-2-1-3-8(9)7-10/h1-6H,7H2,(H,11,12,13). The summed E-state index contributed by atoms with van der Waals surface area (Å²) in [5.41, 5.74) is 0.880. The number of hydrogen-bond acceptors (Lipinski definition) is 3. The summed E-state index contributed by atoms with van der Waals surface area (Å²) in [5.74, 6) is 0. The highest BCUT2D eigenvalue weighted by Crippen LogP contribution is 2.28. The fourth-order valence-corrected chi connectivity index (χ4v) is 2.69. The SMILES string of the molecule is O=S(=O)(O)N1C=CSc2ccccc2C1. The van der Waals surface area contributed by atoms with Crippen LogP contribution in [-0.2, 0) is 16.8 Å². The molecule has 0 unspecified atom stereocenters. The number of hydrogen-bond donors (Lipinski definition) is 1. The van der Waals surface area contributed by atoms with Crippen molar-refractivity contribution in [1.29, 1.82) is 0 Å². The van der Waals surface area contributed by atoms with E-state index in [1.165, 1.54) is 18.0 Å². The Labute approximate surface area is 92.5 Å². The fourth-order valence-electron chi connectivity index (χ4n) is 1.30. The minimum atomic E-state index is -4.16. The van der Waals surface area contributed by atoms with Gasteiger partial charge in [0.05, 0.1) is 6.54 Å². The first kappa shape index (κ1) is 10.5. The summed E-state index contributed by atoms with van der Waals surface area (Å²) in [6, 6.07) is 7.49. The van der Waals surface area contributed by atoms with E-state index in [0.717, 1.165) is 14.8 Å². The van der Waals surface area contributed by atoms with E-state index >= 15 is 0 Å². The van der Waals surface area contributed by atoms with Gasteiger partial charge in [0.2, 0.25) is 0 Å². The summed E-state index contributed by atoms with van der Waals surface area (Å²) in [6.45, 7) is 0.165. The first-order valence-corrected chi connectivity index (χ1v) is 6.50. The first-order valence-electron chi connectivity index (χ1n) is 4.23. The Morgan fingerprint density at radius 1 is 1.33 bits per heavy atom. The summed E-state index contributed by atoms with van der Waals surface area (Å²) in [6.07, 6.45) is 1.36. The van der Waals surface area contributed by atoms with Crippen LogP contribution in [0.2, 0.25) is 0 Å². The van der Waals surface area contributed by atoms with Crippen molar-refractivity contribution in [2.24, 2.45) is 0 Å². The molecule has 6 heteroatoms. The molecule has 4 nitrogen and oxygen atoms in total. The molecule has 0 radical (unpaired) electrons. The highest BCUT2D eigenvalue weighted by atomic mass is 32.2. The molecule has 0 fully saturated rings. The molecule has 1 aliphatic rings. The Morgan fingerprint density at radius 3 is 2.80 bits per heavy atom. The maximum absolute atomic E-state index is 11.0. The van der Waals surface area contributed by atoms with Gasteiger partial charge in [-0.1, -0.05) is 30.0 Å². The third-order valence-electron chi connectivity index (χ3n) is 2.02. The van der Waals surface area contributed by atoms with E-state index in [0.29, 0.717) is 0 Å². The van der Waals surface area contributed by atoms with Crippen LogP contribution in [0.5, 0.6) is 0 Å². The largest absolute Gasteiger partial charge is 0.359 e. The maximum Gasteiger partial charge on any atom is 0.359 e. The van der Waals surface area contributed by atoms with Crippen molar-refractivity contribution in [2.75, 3.05) is 0 Å². The number of benzene rings is 1. The average molecular weight is 243 g/mol. The lowest BCUT2D eigenvalue weighted by Crippen LogP contribution is -2.24. The van der Waals surface area contributed by atoms with Gasteiger partial charge in [0.25, 0.3) is 0 Å². The van der Waals surface area contributed by atoms with Gasteiger partial charge in [-0.3, -0.25) is 4.55 Å². The number of thioether (sulfide) groups is 1. The van der Waals surface area contributed by atoms with Gasteiger partial charge in [0, 0.05) is 11.1 Å². The maximum atomic E-state index is 11.0. The van der Waals surface area contributed by atoms with E-state index < -0.39 is 10.3 Å². The van der Waals surface area contributed by atoms with Crippen LogP contribution in [0.3, 0.4) is 0 Å². The van der Waals surface area contributed by atoms with Gasteiger partial charge in [-0.15, -0.1) is 0 Å². The second kappa shape index (κ2) is 3.88. The van der Waals surface area contributed by atoms with Crippen LogP contribution in [0, 0.1) is 0 Å². The summed E-state index contributed by atoms with van der Waals surface area (Å²) in [4.78, 5) is 1.000. The monoisotopic (exact) mass is 243 g/mol. The molecule has 0 aromatic heterocycles. The minimum Gasteiger partial charge on any atom is -0.269 e. The molecule has 0 atom stereocenters. The van der Waals surface area contributed by atoms with Gasteiger partial charge in [0.15, 0.2) is 0 Å². The second-order valence-corrected chi connectivity index (χ2v) is 5.35. The molecule has 80 valence electrons. The lowest BCUT2D eigenvalue weighted by Gasteiger charge is -2.14. The third-order valence-corrected chi connectivity index (χ3v) is 3.77. The molecule has 0 saturated heterocycles. The molecule has 1 N–H and O–H groups in total. The molecule has 0 amide bonds. The van der Waals surface area contributed by atoms with Crippen molar-refractivity contribution in [3.05, 3.63) is 41.4 Å². The summed E-state index contributed by atoms with van der Waals surface area (Å²) in [7, 11) is -4.16. The van der Waals surface area contributed by atoms with Crippen LogP contribution in [0.25, 0.3) is 0 Å². The van der Waals surface area contributed by atoms with Gasteiger partial charge in [-0.25, -0.2) is 4.31 Å². The van der Waals surface area contributed by atoms with E-state index in [1.807, 2.05) is 24.3 Å². The predicted molar refractivity (Wildman–Crippen MR) is 58.5 cm³/mol. The van der Waals surface area contributed by atoms with Gasteiger partial charge in [-0.2, -0.15) is 8.42 Å². The third kappa shape index (κ3) is 2.34. The predicted octanol–water partition coefficient (Wildman–Crippen LogP) is 1.87. The number of rotatable bonds is 1. The Kier molecular flexibility index (Phi) is 2.72. The van der Waals surface area contributed by atoms with Gasteiger partial charge in [-0.05, 0) is 17.0 Å². The average Bonchev–Trinajstić information content (AvgIpc) is 2.38. The molecule has 1 aromatic rings. The lowest BCUT2D eigenvalue weighted by molar-refractivity contribution is 0.402. The van der Waals surface area contributed by atoms with E-state index in [4.69, 9.17) is 4.55 Å². The van der Waals surface area contributed by atoms with Gasteiger partial charge in [0.1, 0.15) is 0 Å². The van der Waals surface area contributed by atoms with Crippen molar-refractivity contribution in [2.45, 2.75) is 11.4 Å². The van der Waals surface area contributed by atoms with E-state index in [1.54, 1.807) is 5.41 Å². The second-order valence-electron chi connectivity index (χ2n) is 3.03. The van der Waals surface area contributed by atoms with Crippen molar-refractivity contribution >= 4 is 22.1 Å². The highest BCUT2D eigenvalue weighted by molar-refractivity contribution is 8.02. The summed E-state index contributed by atoms with van der Waals surface area (Å²) < 4.78 is 31.8. The van der Waals surface area contributed by atoms with Crippen LogP contribution in [0.1, 0.15) is 5.56 Å². The molecule has 0 saturated carbocycles.